The van der Waals surface area contributed by atoms with Crippen molar-refractivity contribution in [1.82, 2.24) is 9.80 Å². The number of hydrogen-bond acceptors (Lipinski definition) is 4. The Bertz CT molecular complexity index is 1030. The molecule has 2 unspecified atom stereocenters. The number of likely N-dealkylation sites (tertiary alicyclic amines) is 1. The van der Waals surface area contributed by atoms with E-state index in [0.29, 0.717) is 6.04 Å². The standard InChI is InChI=1S/C32H45N3O2/c1-3-26-10-9-25(2)35(24-26)17-6-22-37-31-15-13-30(14-16-31)33-18-20-34(21-19-33)32(36)29-12-11-27-7-4-5-8-28(27)23-29/h11-16,23,25-26H,3-10,17-22,24H2,1-2H3. The van der Waals surface area contributed by atoms with Crippen LogP contribution in [0.15, 0.2) is 42.5 Å². The monoisotopic (exact) mass is 503 g/mol. The number of nitrogens with zero attached hydrogens (tertiary/aromatic N) is 3. The minimum Gasteiger partial charge on any atom is -0.494 e. The molecule has 5 nitrogen and oxygen atoms in total. The second kappa shape index (κ2) is 12.3. The molecule has 2 heterocycles. The summed E-state index contributed by atoms with van der Waals surface area (Å²) in [5.41, 5.74) is 4.88. The topological polar surface area (TPSA) is 36.0 Å². The van der Waals surface area contributed by atoms with Gasteiger partial charge in [0.2, 0.25) is 0 Å². The van der Waals surface area contributed by atoms with E-state index in [9.17, 15) is 4.79 Å². The second-order valence-electron chi connectivity index (χ2n) is 11.4. The van der Waals surface area contributed by atoms with Gasteiger partial charge in [-0.05, 0) is 105 Å². The Labute approximate surface area is 223 Å². The molecule has 0 aromatic heterocycles. The third kappa shape index (κ3) is 6.49. The molecular formula is C32H45N3O2. The summed E-state index contributed by atoms with van der Waals surface area (Å²) in [6, 6.07) is 15.6. The number of benzene rings is 2. The van der Waals surface area contributed by atoms with Crippen molar-refractivity contribution in [2.75, 3.05) is 50.8 Å². The molecule has 2 aliphatic heterocycles. The van der Waals surface area contributed by atoms with E-state index < -0.39 is 0 Å². The van der Waals surface area contributed by atoms with Gasteiger partial charge < -0.3 is 19.4 Å². The lowest BCUT2D eigenvalue weighted by Crippen LogP contribution is -2.48. The van der Waals surface area contributed by atoms with E-state index in [2.05, 4.69) is 60.0 Å². The first kappa shape index (κ1) is 26.1. The molecule has 3 aliphatic rings. The van der Waals surface area contributed by atoms with Crippen LogP contribution in [0.2, 0.25) is 0 Å². The SMILES string of the molecule is CCC1CCC(C)N(CCCOc2ccc(N3CCN(C(=O)c4ccc5c(c4)CCCC5)CC3)cc2)C1. The van der Waals surface area contributed by atoms with E-state index in [-0.39, 0.29) is 5.91 Å². The summed E-state index contributed by atoms with van der Waals surface area (Å²) in [7, 11) is 0. The Hall–Kier alpha value is -2.53. The molecule has 2 aromatic carbocycles. The fraction of sp³-hybridized carbons (Fsp3) is 0.594. The van der Waals surface area contributed by atoms with Gasteiger partial charge in [-0.15, -0.1) is 0 Å². The van der Waals surface area contributed by atoms with Gasteiger partial charge in [0.1, 0.15) is 5.75 Å². The van der Waals surface area contributed by atoms with Crippen LogP contribution < -0.4 is 9.64 Å². The zero-order valence-corrected chi connectivity index (χ0v) is 23.0. The van der Waals surface area contributed by atoms with Crippen molar-refractivity contribution in [3.05, 3.63) is 59.2 Å². The third-order valence-electron chi connectivity index (χ3n) is 8.91. The number of ether oxygens (including phenoxy) is 1. The van der Waals surface area contributed by atoms with Crippen LogP contribution in [0, 0.1) is 5.92 Å². The Morgan fingerprint density at radius 1 is 0.946 bits per heavy atom. The van der Waals surface area contributed by atoms with Crippen molar-refractivity contribution < 1.29 is 9.53 Å². The number of carbonyl (C=O) groups is 1. The van der Waals surface area contributed by atoms with Gasteiger partial charge in [-0.25, -0.2) is 0 Å². The number of fused-ring (bicyclic) bond motifs is 1. The Kier molecular flexibility index (Phi) is 8.70. The maximum absolute atomic E-state index is 13.1. The van der Waals surface area contributed by atoms with Crippen molar-refractivity contribution >= 4 is 11.6 Å². The maximum Gasteiger partial charge on any atom is 0.253 e. The van der Waals surface area contributed by atoms with E-state index in [1.54, 1.807) is 0 Å². The molecule has 0 radical (unpaired) electrons. The van der Waals surface area contributed by atoms with Crippen LogP contribution in [0.4, 0.5) is 5.69 Å². The molecule has 200 valence electrons. The van der Waals surface area contributed by atoms with E-state index in [0.717, 1.165) is 75.8 Å². The van der Waals surface area contributed by atoms with Crippen LogP contribution in [-0.2, 0) is 12.8 Å². The summed E-state index contributed by atoms with van der Waals surface area (Å²) in [5.74, 6) is 2.00. The van der Waals surface area contributed by atoms with Crippen LogP contribution in [0.5, 0.6) is 5.75 Å². The van der Waals surface area contributed by atoms with E-state index in [4.69, 9.17) is 4.74 Å². The second-order valence-corrected chi connectivity index (χ2v) is 11.4. The summed E-state index contributed by atoms with van der Waals surface area (Å²) < 4.78 is 6.07. The Balaban J connectivity index is 1.05. The fourth-order valence-electron chi connectivity index (χ4n) is 6.33. The number of carbonyl (C=O) groups excluding carboxylic acids is 1. The third-order valence-corrected chi connectivity index (χ3v) is 8.91. The molecule has 2 saturated heterocycles. The van der Waals surface area contributed by atoms with Gasteiger partial charge in [0.25, 0.3) is 5.91 Å². The predicted octanol–water partition coefficient (Wildman–Crippen LogP) is 5.81. The molecule has 37 heavy (non-hydrogen) atoms. The van der Waals surface area contributed by atoms with Crippen LogP contribution in [-0.4, -0.2) is 67.6 Å². The summed E-state index contributed by atoms with van der Waals surface area (Å²) in [6.45, 7) is 11.1. The highest BCUT2D eigenvalue weighted by molar-refractivity contribution is 5.94. The average molecular weight is 504 g/mol. The zero-order chi connectivity index (χ0) is 25.6. The van der Waals surface area contributed by atoms with Crippen molar-refractivity contribution in [3.63, 3.8) is 0 Å². The zero-order valence-electron chi connectivity index (χ0n) is 23.0. The molecule has 5 heteroatoms. The van der Waals surface area contributed by atoms with Gasteiger partial charge in [-0.1, -0.05) is 19.4 Å². The van der Waals surface area contributed by atoms with E-state index in [1.165, 1.54) is 55.5 Å². The number of hydrogen-bond donors (Lipinski definition) is 0. The normalized spacial score (nSPS) is 22.5. The highest BCUT2D eigenvalue weighted by atomic mass is 16.5. The van der Waals surface area contributed by atoms with Gasteiger partial charge in [0, 0.05) is 56.6 Å². The molecule has 0 bridgehead atoms. The number of anilines is 1. The van der Waals surface area contributed by atoms with Gasteiger partial charge in [0.05, 0.1) is 6.61 Å². The van der Waals surface area contributed by atoms with Crippen molar-refractivity contribution in [1.29, 1.82) is 0 Å². The average Bonchev–Trinajstić information content (AvgIpc) is 2.96. The van der Waals surface area contributed by atoms with E-state index >= 15 is 0 Å². The molecule has 5 rings (SSSR count). The molecule has 2 atom stereocenters. The molecule has 0 N–H and O–H groups in total. The van der Waals surface area contributed by atoms with Crippen LogP contribution >= 0.6 is 0 Å². The number of amides is 1. The minimum absolute atomic E-state index is 0.181. The summed E-state index contributed by atoms with van der Waals surface area (Å²) in [4.78, 5) is 20.2. The molecule has 2 aromatic rings. The molecule has 0 saturated carbocycles. The van der Waals surface area contributed by atoms with Gasteiger partial charge in [0.15, 0.2) is 0 Å². The van der Waals surface area contributed by atoms with Crippen LogP contribution in [0.1, 0.15) is 73.9 Å². The largest absolute Gasteiger partial charge is 0.494 e. The van der Waals surface area contributed by atoms with Gasteiger partial charge >= 0.3 is 0 Å². The Morgan fingerprint density at radius 2 is 1.70 bits per heavy atom. The number of aryl methyl sites for hydroxylation is 2. The van der Waals surface area contributed by atoms with E-state index in [1.807, 2.05) is 11.0 Å². The highest BCUT2D eigenvalue weighted by Gasteiger charge is 2.25. The molecule has 1 aliphatic carbocycles. The molecule has 1 amide bonds. The van der Waals surface area contributed by atoms with Crippen LogP contribution in [0.25, 0.3) is 0 Å². The molecule has 2 fully saturated rings. The fourth-order valence-corrected chi connectivity index (χ4v) is 6.33. The summed E-state index contributed by atoms with van der Waals surface area (Å²) in [5, 5.41) is 0. The first-order chi connectivity index (χ1) is 18.1. The molecular weight excluding hydrogens is 458 g/mol. The van der Waals surface area contributed by atoms with Crippen molar-refractivity contribution in [3.8, 4) is 5.75 Å². The Morgan fingerprint density at radius 3 is 2.46 bits per heavy atom. The van der Waals surface area contributed by atoms with Crippen LogP contribution in [0.3, 0.4) is 0 Å². The lowest BCUT2D eigenvalue weighted by Gasteiger charge is -2.37. The minimum atomic E-state index is 0.181. The molecule has 0 spiro atoms. The van der Waals surface area contributed by atoms with Crippen molar-refractivity contribution in [2.45, 2.75) is 71.3 Å². The summed E-state index contributed by atoms with van der Waals surface area (Å²) >= 11 is 0. The van der Waals surface area contributed by atoms with Crippen molar-refractivity contribution in [2.24, 2.45) is 5.92 Å². The number of piperidine rings is 1. The first-order valence-electron chi connectivity index (χ1n) is 14.7. The van der Waals surface area contributed by atoms with Gasteiger partial charge in [-0.3, -0.25) is 4.79 Å². The number of piperazine rings is 1. The summed E-state index contributed by atoms with van der Waals surface area (Å²) in [6.07, 6.45) is 9.87. The lowest BCUT2D eigenvalue weighted by atomic mass is 9.90. The highest BCUT2D eigenvalue weighted by Crippen LogP contribution is 2.26. The smallest absolute Gasteiger partial charge is 0.253 e. The first-order valence-corrected chi connectivity index (χ1v) is 14.7. The lowest BCUT2D eigenvalue weighted by molar-refractivity contribution is 0.0746. The predicted molar refractivity (Wildman–Crippen MR) is 152 cm³/mol. The quantitative estimate of drug-likeness (QED) is 0.426. The number of rotatable bonds is 8. The van der Waals surface area contributed by atoms with Gasteiger partial charge in [-0.2, -0.15) is 0 Å². The maximum atomic E-state index is 13.1.